The molecule has 0 atom stereocenters. The summed E-state index contributed by atoms with van der Waals surface area (Å²) in [5.74, 6) is 2.74. The van der Waals surface area contributed by atoms with Crippen LogP contribution in [0.4, 0.5) is 21.5 Å². The van der Waals surface area contributed by atoms with Gasteiger partial charge in [0.2, 0.25) is 0 Å². The first kappa shape index (κ1) is 55.2. The molecule has 3 aromatic heterocycles. The van der Waals surface area contributed by atoms with E-state index in [0.29, 0.717) is 0 Å². The smallest absolute Gasteiger partial charge is 0.256 e. The van der Waals surface area contributed by atoms with Crippen molar-refractivity contribution in [3.05, 3.63) is 234 Å². The number of anilines is 3. The number of ether oxygens (including phenoxy) is 1. The number of fused-ring (bicyclic) bond motifs is 8. The second kappa shape index (κ2) is 21.4. The van der Waals surface area contributed by atoms with Gasteiger partial charge in [-0.05, 0) is 145 Å². The molecule has 83 heavy (non-hydrogen) atoms. The van der Waals surface area contributed by atoms with Crippen LogP contribution >= 0.6 is 0 Å². The number of aromatic nitrogens is 3. The summed E-state index contributed by atoms with van der Waals surface area (Å²) in [5.41, 5.74) is 21.6. The van der Waals surface area contributed by atoms with Gasteiger partial charge in [0, 0.05) is 60.3 Å². The van der Waals surface area contributed by atoms with Crippen LogP contribution in [0, 0.1) is 17.9 Å². The van der Waals surface area contributed by atoms with Gasteiger partial charge in [-0.2, -0.15) is 0 Å². The van der Waals surface area contributed by atoms with E-state index in [1.165, 1.54) is 67.8 Å². The third kappa shape index (κ3) is 9.88. The second-order valence-electron chi connectivity index (χ2n) is 24.5. The predicted octanol–water partition coefficient (Wildman–Crippen LogP) is 18.0. The number of para-hydroxylation sites is 3. The summed E-state index contributed by atoms with van der Waals surface area (Å²) in [6.07, 6.45) is 1.87. The SMILES string of the molecule is CC(C)(C)c1ccc(-c2[c-]cc(F)cc2)nc1.CC(C)c1cc(-c2ccccc2)cc(C(C)C)c1-n1c(-c2[c-]ccc3c2oc2cc4c(cc23)Oc2cccc3c2B4c2ccccc2N3c2cccc(C(C)(C)C)c2)nc2ccccc21.[Ir]. The molecule has 9 heteroatoms. The van der Waals surface area contributed by atoms with Gasteiger partial charge < -0.3 is 23.6 Å². The van der Waals surface area contributed by atoms with Crippen molar-refractivity contribution in [3.63, 3.8) is 0 Å². The van der Waals surface area contributed by atoms with Gasteiger partial charge >= 0.3 is 0 Å². The Morgan fingerprint density at radius 1 is 0.602 bits per heavy atom. The molecule has 0 bridgehead atoms. The molecule has 0 fully saturated rings. The number of rotatable bonds is 7. The summed E-state index contributed by atoms with van der Waals surface area (Å²) in [6, 6.07) is 71.7. The Balaban J connectivity index is 0.000000325. The Bertz CT molecular complexity index is 4390. The molecular weight excluding hydrogens is 1200 g/mol. The van der Waals surface area contributed by atoms with E-state index in [-0.39, 0.29) is 55.3 Å². The van der Waals surface area contributed by atoms with Gasteiger partial charge in [0.15, 0.2) is 0 Å². The van der Waals surface area contributed by atoms with E-state index in [4.69, 9.17) is 14.1 Å². The van der Waals surface area contributed by atoms with Crippen LogP contribution in [-0.2, 0) is 30.9 Å². The zero-order chi connectivity index (χ0) is 56.8. The molecule has 0 saturated heterocycles. The van der Waals surface area contributed by atoms with Crippen molar-refractivity contribution >= 4 is 73.1 Å². The van der Waals surface area contributed by atoms with Crippen LogP contribution in [0.5, 0.6) is 11.5 Å². The number of furan rings is 1. The van der Waals surface area contributed by atoms with Crippen molar-refractivity contribution in [2.75, 3.05) is 4.90 Å². The topological polar surface area (TPSA) is 56.3 Å². The number of hydrogen-bond donors (Lipinski definition) is 0. The zero-order valence-electron chi connectivity index (χ0n) is 48.5. The quantitative estimate of drug-likeness (QED) is 0.118. The standard InChI is InChI=1S/C59H49BN3O2.C15H15FN.Ir/c1-35(2)43-30-38(37-18-9-8-10-19-37)31-44(36(3)4)56(43)63-50-27-14-12-25-48(50)61-58(63)42-23-16-22-41-45-33-54-47(34-53(45)65-57(41)42)60-46-24-11-13-26-49(46)62(51-28-17-29-52(64-54)55(51)60)40-21-15-20-39(32-40)59(5,6)7;1-15(2,3)12-6-9-14(17-10-12)11-4-7-13(16)8-5-11;/h8-22,24-36H,1-7H3;4,6-10H,1-3H3;/q2*-1;. The summed E-state index contributed by atoms with van der Waals surface area (Å²) < 4.78 is 29.3. The van der Waals surface area contributed by atoms with Gasteiger partial charge in [-0.3, -0.25) is 9.37 Å². The van der Waals surface area contributed by atoms with E-state index >= 15 is 0 Å². The minimum absolute atomic E-state index is 0. The Labute approximate surface area is 500 Å². The minimum atomic E-state index is -0.278. The fourth-order valence-corrected chi connectivity index (χ4v) is 12.0. The third-order valence-corrected chi connectivity index (χ3v) is 16.3. The summed E-state index contributed by atoms with van der Waals surface area (Å²) in [6.45, 7) is 22.4. The fraction of sp³-hybridized carbons (Fsp3) is 0.189. The molecule has 0 saturated carbocycles. The van der Waals surface area contributed by atoms with Crippen molar-refractivity contribution in [3.8, 4) is 51.0 Å². The summed E-state index contributed by atoms with van der Waals surface area (Å²) in [7, 11) is 0. The number of pyridine rings is 1. The van der Waals surface area contributed by atoms with Crippen LogP contribution in [0.1, 0.15) is 103 Å². The second-order valence-corrected chi connectivity index (χ2v) is 24.5. The van der Waals surface area contributed by atoms with Gasteiger partial charge in [-0.25, -0.2) is 0 Å². The molecule has 0 amide bonds. The van der Waals surface area contributed by atoms with Crippen molar-refractivity contribution < 1.29 is 33.6 Å². The van der Waals surface area contributed by atoms with Crippen LogP contribution in [0.2, 0.25) is 0 Å². The van der Waals surface area contributed by atoms with E-state index in [0.717, 1.165) is 84.0 Å². The van der Waals surface area contributed by atoms with Gasteiger partial charge in [-0.1, -0.05) is 171 Å². The number of hydrogen-bond acceptors (Lipinski definition) is 5. The molecule has 0 N–H and O–H groups in total. The Morgan fingerprint density at radius 2 is 1.31 bits per heavy atom. The van der Waals surface area contributed by atoms with Crippen molar-refractivity contribution in [2.45, 2.75) is 91.9 Å². The third-order valence-electron chi connectivity index (χ3n) is 16.3. The van der Waals surface area contributed by atoms with Crippen LogP contribution in [0.25, 0.3) is 72.4 Å². The molecule has 1 radical (unpaired) electrons. The van der Waals surface area contributed by atoms with E-state index in [1.54, 1.807) is 6.07 Å². The molecular formula is C74H64BFIrN4O2-2. The Morgan fingerprint density at radius 3 is 2.02 bits per heavy atom. The maximum atomic E-state index is 12.8. The number of nitrogens with zero attached hydrogens (tertiary/aromatic N) is 4. The molecule has 14 rings (SSSR count). The molecule has 413 valence electrons. The van der Waals surface area contributed by atoms with Crippen LogP contribution in [-0.4, -0.2) is 21.2 Å². The number of halogens is 1. The van der Waals surface area contributed by atoms with E-state index < -0.39 is 0 Å². The maximum absolute atomic E-state index is 12.8. The Hall–Kier alpha value is -8.36. The van der Waals surface area contributed by atoms with Gasteiger partial charge in [-0.15, -0.1) is 48.0 Å². The monoisotopic (exact) mass is 1260 g/mol. The van der Waals surface area contributed by atoms with Crippen LogP contribution in [0.15, 0.2) is 199 Å². The van der Waals surface area contributed by atoms with Crippen molar-refractivity contribution in [2.24, 2.45) is 0 Å². The van der Waals surface area contributed by atoms with Crippen LogP contribution < -0.4 is 26.0 Å². The first-order chi connectivity index (χ1) is 39.5. The average Bonchev–Trinajstić information content (AvgIpc) is 2.73. The first-order valence-electron chi connectivity index (χ1n) is 28.6. The van der Waals surface area contributed by atoms with E-state index in [9.17, 15) is 4.39 Å². The number of imidazole rings is 1. The maximum Gasteiger partial charge on any atom is 0.256 e. The molecule has 0 spiro atoms. The Kier molecular flexibility index (Phi) is 14.3. The van der Waals surface area contributed by atoms with Crippen LogP contribution in [0.3, 0.4) is 0 Å². The van der Waals surface area contributed by atoms with Crippen molar-refractivity contribution in [1.82, 2.24) is 14.5 Å². The van der Waals surface area contributed by atoms with E-state index in [1.807, 2.05) is 18.3 Å². The zero-order valence-corrected chi connectivity index (χ0v) is 50.9. The number of benzene rings is 9. The molecule has 12 aromatic rings. The molecule has 2 aliphatic heterocycles. The normalized spacial score (nSPS) is 12.7. The predicted molar refractivity (Wildman–Crippen MR) is 338 cm³/mol. The molecule has 6 nitrogen and oxygen atoms in total. The minimum Gasteiger partial charge on any atom is -0.501 e. The largest absolute Gasteiger partial charge is 0.501 e. The van der Waals surface area contributed by atoms with Gasteiger partial charge in [0.05, 0.1) is 22.4 Å². The molecule has 5 heterocycles. The van der Waals surface area contributed by atoms with E-state index in [2.05, 4.69) is 254 Å². The van der Waals surface area contributed by atoms with Gasteiger partial charge in [0.25, 0.3) is 6.71 Å². The molecule has 2 aliphatic rings. The summed E-state index contributed by atoms with van der Waals surface area (Å²) >= 11 is 0. The van der Waals surface area contributed by atoms with Crippen molar-refractivity contribution in [1.29, 1.82) is 0 Å². The molecule has 9 aromatic carbocycles. The molecule has 0 unspecified atom stereocenters. The first-order valence-corrected chi connectivity index (χ1v) is 28.6. The summed E-state index contributed by atoms with van der Waals surface area (Å²) in [4.78, 5) is 12.2. The average molecular weight is 1260 g/mol. The fourth-order valence-electron chi connectivity index (χ4n) is 12.0. The molecule has 0 aliphatic carbocycles. The summed E-state index contributed by atoms with van der Waals surface area (Å²) in [5, 5.41) is 2.00. The van der Waals surface area contributed by atoms with Gasteiger partial charge in [0.1, 0.15) is 17.1 Å².